The van der Waals surface area contributed by atoms with Gasteiger partial charge >= 0.3 is 0 Å². The standard InChI is InChI=1S/C24H32N4O4/c1-29-21-13-19-3-10-32-24(20(19)14-22(21)30-2)4-6-27(7-5-24)17-18-15-25-23(26-16-18)28-8-11-31-12-9-28/h13-16H,3-12,17H2,1-2H3. The van der Waals surface area contributed by atoms with Crippen molar-refractivity contribution in [2.75, 3.05) is 65.1 Å². The summed E-state index contributed by atoms with van der Waals surface area (Å²) in [6.07, 6.45) is 6.76. The number of anilines is 1. The van der Waals surface area contributed by atoms with Crippen molar-refractivity contribution >= 4 is 5.95 Å². The van der Waals surface area contributed by atoms with Crippen LogP contribution in [-0.4, -0.2) is 75.1 Å². The maximum absolute atomic E-state index is 6.42. The number of fused-ring (bicyclic) bond motifs is 2. The number of hydrogen-bond acceptors (Lipinski definition) is 8. The molecule has 0 N–H and O–H groups in total. The van der Waals surface area contributed by atoms with Gasteiger partial charge in [0.05, 0.1) is 39.6 Å². The highest BCUT2D eigenvalue weighted by Gasteiger charge is 2.41. The van der Waals surface area contributed by atoms with Crippen LogP contribution in [0.3, 0.4) is 0 Å². The van der Waals surface area contributed by atoms with E-state index in [4.69, 9.17) is 18.9 Å². The molecule has 2 aromatic rings. The lowest BCUT2D eigenvalue weighted by molar-refractivity contribution is -0.0990. The minimum Gasteiger partial charge on any atom is -0.493 e. The summed E-state index contributed by atoms with van der Waals surface area (Å²) in [6, 6.07) is 4.25. The maximum atomic E-state index is 6.42. The zero-order chi connectivity index (χ0) is 22.0. The van der Waals surface area contributed by atoms with Gasteiger partial charge in [0.25, 0.3) is 0 Å². The van der Waals surface area contributed by atoms with Crippen molar-refractivity contribution in [1.82, 2.24) is 14.9 Å². The fourth-order valence-corrected chi connectivity index (χ4v) is 5.09. The third-order valence-corrected chi connectivity index (χ3v) is 6.91. The molecule has 8 nitrogen and oxygen atoms in total. The summed E-state index contributed by atoms with van der Waals surface area (Å²) in [4.78, 5) is 13.8. The molecule has 3 aliphatic heterocycles. The van der Waals surface area contributed by atoms with E-state index in [1.54, 1.807) is 14.2 Å². The Morgan fingerprint density at radius 2 is 1.62 bits per heavy atom. The number of aromatic nitrogens is 2. The van der Waals surface area contributed by atoms with Crippen molar-refractivity contribution < 1.29 is 18.9 Å². The Morgan fingerprint density at radius 3 is 2.31 bits per heavy atom. The van der Waals surface area contributed by atoms with Gasteiger partial charge in [0, 0.05) is 50.7 Å². The second kappa shape index (κ2) is 9.21. The molecule has 4 heterocycles. The quantitative estimate of drug-likeness (QED) is 0.702. The van der Waals surface area contributed by atoms with Crippen molar-refractivity contribution in [1.29, 1.82) is 0 Å². The zero-order valence-corrected chi connectivity index (χ0v) is 19.0. The maximum Gasteiger partial charge on any atom is 0.225 e. The molecule has 0 bridgehead atoms. The second-order valence-electron chi connectivity index (χ2n) is 8.72. The summed E-state index contributed by atoms with van der Waals surface area (Å²) in [5.41, 5.74) is 3.49. The minimum atomic E-state index is -0.236. The fraction of sp³-hybridized carbons (Fsp3) is 0.583. The Hall–Kier alpha value is -2.42. The molecule has 1 aromatic heterocycles. The molecule has 3 aliphatic rings. The lowest BCUT2D eigenvalue weighted by Gasteiger charge is -2.45. The molecule has 172 valence electrons. The number of methoxy groups -OCH3 is 2. The van der Waals surface area contributed by atoms with E-state index in [-0.39, 0.29) is 5.60 Å². The van der Waals surface area contributed by atoms with E-state index >= 15 is 0 Å². The van der Waals surface area contributed by atoms with Crippen LogP contribution < -0.4 is 14.4 Å². The topological polar surface area (TPSA) is 69.2 Å². The number of benzene rings is 1. The molecule has 8 heteroatoms. The van der Waals surface area contributed by atoms with Crippen LogP contribution in [0.25, 0.3) is 0 Å². The molecule has 32 heavy (non-hydrogen) atoms. The van der Waals surface area contributed by atoms with Crippen LogP contribution in [0.4, 0.5) is 5.95 Å². The number of nitrogens with zero attached hydrogens (tertiary/aromatic N) is 4. The third kappa shape index (κ3) is 4.14. The van der Waals surface area contributed by atoms with Gasteiger partial charge in [-0.3, -0.25) is 4.90 Å². The largest absolute Gasteiger partial charge is 0.493 e. The number of piperidine rings is 1. The number of likely N-dealkylation sites (tertiary alicyclic amines) is 1. The number of ether oxygens (including phenoxy) is 4. The normalized spacial score (nSPS) is 20.8. The van der Waals surface area contributed by atoms with Gasteiger partial charge in [0.1, 0.15) is 0 Å². The first-order valence-electron chi connectivity index (χ1n) is 11.5. The molecule has 0 unspecified atom stereocenters. The van der Waals surface area contributed by atoms with Crippen LogP contribution in [0.5, 0.6) is 11.5 Å². The van der Waals surface area contributed by atoms with Crippen molar-refractivity contribution in [2.45, 2.75) is 31.4 Å². The van der Waals surface area contributed by atoms with Crippen LogP contribution in [-0.2, 0) is 28.0 Å². The SMILES string of the molecule is COc1cc2c(cc1OC)C1(CCN(Cc3cnc(N4CCOCC4)nc3)CC1)OCC2. The van der Waals surface area contributed by atoms with Gasteiger partial charge in [0.2, 0.25) is 5.95 Å². The predicted molar refractivity (Wildman–Crippen MR) is 120 cm³/mol. The molecular formula is C24H32N4O4. The van der Waals surface area contributed by atoms with E-state index in [9.17, 15) is 0 Å². The molecule has 0 radical (unpaired) electrons. The van der Waals surface area contributed by atoms with Crippen LogP contribution in [0.1, 0.15) is 29.5 Å². The monoisotopic (exact) mass is 440 g/mol. The molecule has 0 amide bonds. The van der Waals surface area contributed by atoms with E-state index in [0.29, 0.717) is 0 Å². The molecule has 1 spiro atoms. The van der Waals surface area contributed by atoms with Gasteiger partial charge in [-0.1, -0.05) is 0 Å². The van der Waals surface area contributed by atoms with Gasteiger partial charge in [-0.05, 0) is 42.5 Å². The predicted octanol–water partition coefficient (Wildman–Crippen LogP) is 2.39. The Morgan fingerprint density at radius 1 is 0.938 bits per heavy atom. The van der Waals surface area contributed by atoms with E-state index in [1.165, 1.54) is 11.1 Å². The third-order valence-electron chi connectivity index (χ3n) is 6.91. The first kappa shape index (κ1) is 21.4. The summed E-state index contributed by atoms with van der Waals surface area (Å²) in [5, 5.41) is 0. The number of hydrogen-bond donors (Lipinski definition) is 0. The average Bonchev–Trinajstić information content (AvgIpc) is 2.86. The Labute approximate surface area is 189 Å². The molecule has 2 fully saturated rings. The van der Waals surface area contributed by atoms with Crippen molar-refractivity contribution in [3.63, 3.8) is 0 Å². The lowest BCUT2D eigenvalue weighted by Crippen LogP contribution is -2.46. The van der Waals surface area contributed by atoms with Crippen molar-refractivity contribution in [3.05, 3.63) is 41.2 Å². The molecule has 5 rings (SSSR count). The highest BCUT2D eigenvalue weighted by atomic mass is 16.5. The highest BCUT2D eigenvalue weighted by Crippen LogP contribution is 2.45. The van der Waals surface area contributed by atoms with E-state index in [1.807, 2.05) is 12.4 Å². The lowest BCUT2D eigenvalue weighted by atomic mass is 9.79. The molecular weight excluding hydrogens is 408 g/mol. The molecule has 0 atom stereocenters. The van der Waals surface area contributed by atoms with E-state index in [0.717, 1.165) is 94.8 Å². The molecule has 2 saturated heterocycles. The Balaban J connectivity index is 1.25. The Bertz CT molecular complexity index is 922. The van der Waals surface area contributed by atoms with Gasteiger partial charge in [-0.2, -0.15) is 0 Å². The summed E-state index contributed by atoms with van der Waals surface area (Å²) in [5.74, 6) is 2.36. The smallest absolute Gasteiger partial charge is 0.225 e. The number of morpholine rings is 1. The van der Waals surface area contributed by atoms with Crippen molar-refractivity contribution in [3.8, 4) is 11.5 Å². The van der Waals surface area contributed by atoms with Gasteiger partial charge < -0.3 is 23.8 Å². The zero-order valence-electron chi connectivity index (χ0n) is 19.0. The van der Waals surface area contributed by atoms with Crippen molar-refractivity contribution in [2.24, 2.45) is 0 Å². The van der Waals surface area contributed by atoms with Crippen LogP contribution in [0.2, 0.25) is 0 Å². The molecule has 0 saturated carbocycles. The van der Waals surface area contributed by atoms with E-state index < -0.39 is 0 Å². The summed E-state index contributed by atoms with van der Waals surface area (Å²) in [7, 11) is 3.38. The highest BCUT2D eigenvalue weighted by molar-refractivity contribution is 5.50. The van der Waals surface area contributed by atoms with Gasteiger partial charge in [-0.25, -0.2) is 9.97 Å². The number of rotatable bonds is 5. The Kier molecular flexibility index (Phi) is 6.17. The molecule has 1 aromatic carbocycles. The summed E-state index contributed by atoms with van der Waals surface area (Å²) in [6.45, 7) is 6.74. The first-order valence-corrected chi connectivity index (χ1v) is 11.5. The van der Waals surface area contributed by atoms with Crippen LogP contribution in [0, 0.1) is 0 Å². The average molecular weight is 441 g/mol. The van der Waals surface area contributed by atoms with Crippen LogP contribution >= 0.6 is 0 Å². The minimum absolute atomic E-state index is 0.236. The molecule has 0 aliphatic carbocycles. The van der Waals surface area contributed by atoms with Gasteiger partial charge in [-0.15, -0.1) is 0 Å². The van der Waals surface area contributed by atoms with Crippen LogP contribution in [0.15, 0.2) is 24.5 Å². The van der Waals surface area contributed by atoms with E-state index in [2.05, 4.69) is 31.9 Å². The summed E-state index contributed by atoms with van der Waals surface area (Å²) < 4.78 is 22.9. The fourth-order valence-electron chi connectivity index (χ4n) is 5.09. The first-order chi connectivity index (χ1) is 15.7. The summed E-state index contributed by atoms with van der Waals surface area (Å²) >= 11 is 0. The second-order valence-corrected chi connectivity index (χ2v) is 8.72. The van der Waals surface area contributed by atoms with Gasteiger partial charge in [0.15, 0.2) is 11.5 Å².